The van der Waals surface area contributed by atoms with Crippen LogP contribution in [0.5, 0.6) is 0 Å². The van der Waals surface area contributed by atoms with Crippen LogP contribution in [0.25, 0.3) is 0 Å². The van der Waals surface area contributed by atoms with Crippen LogP contribution in [0.2, 0.25) is 0 Å². The van der Waals surface area contributed by atoms with Gasteiger partial charge in [-0.05, 0) is 50.5 Å². The number of amides is 2. The first-order valence-corrected chi connectivity index (χ1v) is 10.7. The van der Waals surface area contributed by atoms with Crippen LogP contribution < -0.4 is 5.32 Å². The van der Waals surface area contributed by atoms with Crippen molar-refractivity contribution in [1.82, 2.24) is 10.2 Å². The van der Waals surface area contributed by atoms with E-state index in [-0.39, 0.29) is 11.8 Å². The van der Waals surface area contributed by atoms with Gasteiger partial charge in [0, 0.05) is 18.0 Å². The first kappa shape index (κ1) is 22.0. The maximum Gasteiger partial charge on any atom is 0.242 e. The number of carbonyl (C=O) groups is 2. The highest BCUT2D eigenvalue weighted by atomic mass is 32.2. The lowest BCUT2D eigenvalue weighted by molar-refractivity contribution is -0.138. The van der Waals surface area contributed by atoms with Gasteiger partial charge in [0.05, 0.1) is 5.75 Å². The minimum Gasteiger partial charge on any atom is -0.354 e. The molecule has 2 aromatic carbocycles. The largest absolute Gasteiger partial charge is 0.354 e. The Balaban J connectivity index is 2.13. The van der Waals surface area contributed by atoms with E-state index in [4.69, 9.17) is 0 Å². The molecule has 0 aliphatic rings. The summed E-state index contributed by atoms with van der Waals surface area (Å²) in [6.07, 6.45) is 0.869. The van der Waals surface area contributed by atoms with Crippen LogP contribution in [0.3, 0.4) is 0 Å². The predicted molar refractivity (Wildman–Crippen MR) is 116 cm³/mol. The van der Waals surface area contributed by atoms with Crippen LogP contribution in [-0.4, -0.2) is 35.1 Å². The molecule has 150 valence electrons. The van der Waals surface area contributed by atoms with Crippen molar-refractivity contribution >= 4 is 23.6 Å². The van der Waals surface area contributed by atoms with Gasteiger partial charge in [0.25, 0.3) is 0 Å². The normalized spacial score (nSPS) is 11.7. The average molecular weight is 399 g/mol. The Hall–Kier alpha value is -2.27. The Kier molecular flexibility index (Phi) is 8.58. The summed E-state index contributed by atoms with van der Waals surface area (Å²) in [6, 6.07) is 15.6. The van der Waals surface area contributed by atoms with E-state index in [0.29, 0.717) is 18.8 Å². The van der Waals surface area contributed by atoms with Crippen LogP contribution in [0, 0.1) is 13.8 Å². The molecule has 0 saturated heterocycles. The van der Waals surface area contributed by atoms with Crippen molar-refractivity contribution in [1.29, 1.82) is 0 Å². The lowest BCUT2D eigenvalue weighted by Gasteiger charge is -2.29. The van der Waals surface area contributed by atoms with Gasteiger partial charge in [-0.1, -0.05) is 48.9 Å². The van der Waals surface area contributed by atoms with Gasteiger partial charge in [-0.2, -0.15) is 0 Å². The number of hydrogen-bond acceptors (Lipinski definition) is 3. The smallest absolute Gasteiger partial charge is 0.242 e. The van der Waals surface area contributed by atoms with Crippen molar-refractivity contribution in [3.05, 3.63) is 65.2 Å². The molecule has 28 heavy (non-hydrogen) atoms. The van der Waals surface area contributed by atoms with E-state index in [2.05, 4.69) is 5.32 Å². The van der Waals surface area contributed by atoms with E-state index in [1.807, 2.05) is 69.3 Å². The maximum atomic E-state index is 13.0. The minimum absolute atomic E-state index is 0.0343. The molecule has 0 aromatic heterocycles. The maximum absolute atomic E-state index is 13.0. The standard InChI is InChI=1S/C23H30N2O2S/c1-5-14-24-23(27)19(4)25(15-20-9-7-6-8-18(20)3)22(26)16-28-21-12-10-17(2)11-13-21/h6-13,19H,5,14-16H2,1-4H3,(H,24,27)/t19-/m0/s1. The van der Waals surface area contributed by atoms with E-state index >= 15 is 0 Å². The van der Waals surface area contributed by atoms with Gasteiger partial charge >= 0.3 is 0 Å². The fourth-order valence-corrected chi connectivity index (χ4v) is 3.60. The molecule has 0 unspecified atom stereocenters. The molecular formula is C23H30N2O2S. The molecule has 0 bridgehead atoms. The zero-order valence-corrected chi connectivity index (χ0v) is 18.0. The summed E-state index contributed by atoms with van der Waals surface area (Å²) in [7, 11) is 0. The van der Waals surface area contributed by atoms with E-state index in [9.17, 15) is 9.59 Å². The second kappa shape index (κ2) is 10.9. The Morgan fingerprint density at radius 3 is 2.39 bits per heavy atom. The van der Waals surface area contributed by atoms with Crippen molar-refractivity contribution in [3.8, 4) is 0 Å². The van der Waals surface area contributed by atoms with Crippen LogP contribution in [0.15, 0.2) is 53.4 Å². The van der Waals surface area contributed by atoms with Gasteiger partial charge in [0.15, 0.2) is 0 Å². The van der Waals surface area contributed by atoms with E-state index < -0.39 is 6.04 Å². The first-order chi connectivity index (χ1) is 13.4. The van der Waals surface area contributed by atoms with Gasteiger partial charge in [-0.3, -0.25) is 9.59 Å². The number of benzene rings is 2. The number of hydrogen-bond donors (Lipinski definition) is 1. The number of nitrogens with one attached hydrogen (secondary N) is 1. The Bertz CT molecular complexity index is 789. The van der Waals surface area contributed by atoms with Crippen LogP contribution in [-0.2, 0) is 16.1 Å². The Labute approximate surface area is 172 Å². The fraction of sp³-hybridized carbons (Fsp3) is 0.391. The van der Waals surface area contributed by atoms with E-state index in [1.165, 1.54) is 17.3 Å². The van der Waals surface area contributed by atoms with Crippen molar-refractivity contribution < 1.29 is 9.59 Å². The first-order valence-electron chi connectivity index (χ1n) is 9.73. The molecule has 0 spiro atoms. The number of rotatable bonds is 9. The molecule has 2 amide bonds. The fourth-order valence-electron chi connectivity index (χ4n) is 2.81. The van der Waals surface area contributed by atoms with Crippen molar-refractivity contribution in [2.75, 3.05) is 12.3 Å². The Morgan fingerprint density at radius 2 is 1.75 bits per heavy atom. The third kappa shape index (κ3) is 6.41. The van der Waals surface area contributed by atoms with Crippen LogP contribution in [0.4, 0.5) is 0 Å². The van der Waals surface area contributed by atoms with Gasteiger partial charge < -0.3 is 10.2 Å². The topological polar surface area (TPSA) is 49.4 Å². The summed E-state index contributed by atoms with van der Waals surface area (Å²) < 4.78 is 0. The highest BCUT2D eigenvalue weighted by Gasteiger charge is 2.26. The summed E-state index contributed by atoms with van der Waals surface area (Å²) in [5, 5.41) is 2.91. The van der Waals surface area contributed by atoms with Crippen LogP contribution >= 0.6 is 11.8 Å². The monoisotopic (exact) mass is 398 g/mol. The molecule has 0 fully saturated rings. The molecule has 2 rings (SSSR count). The molecular weight excluding hydrogens is 368 g/mol. The molecule has 0 heterocycles. The summed E-state index contributed by atoms with van der Waals surface area (Å²) in [5.41, 5.74) is 3.37. The van der Waals surface area contributed by atoms with Gasteiger partial charge in [-0.15, -0.1) is 11.8 Å². The average Bonchev–Trinajstić information content (AvgIpc) is 2.70. The number of carbonyl (C=O) groups excluding carboxylic acids is 2. The molecule has 0 aliphatic heterocycles. The summed E-state index contributed by atoms with van der Waals surface area (Å²) in [5.74, 6) is 0.164. The number of nitrogens with zero attached hydrogens (tertiary/aromatic N) is 1. The lowest BCUT2D eigenvalue weighted by atomic mass is 10.1. The molecule has 0 saturated carbocycles. The molecule has 0 aliphatic carbocycles. The summed E-state index contributed by atoms with van der Waals surface area (Å²) in [4.78, 5) is 28.3. The second-order valence-electron chi connectivity index (χ2n) is 7.02. The predicted octanol–water partition coefficient (Wildman–Crippen LogP) is 4.34. The molecule has 5 heteroatoms. The zero-order chi connectivity index (χ0) is 20.5. The number of aryl methyl sites for hydroxylation is 2. The van der Waals surface area contributed by atoms with Gasteiger partial charge in [0.2, 0.25) is 11.8 Å². The second-order valence-corrected chi connectivity index (χ2v) is 8.07. The third-order valence-electron chi connectivity index (χ3n) is 4.70. The van der Waals surface area contributed by atoms with Crippen molar-refractivity contribution in [2.45, 2.75) is 51.6 Å². The Morgan fingerprint density at radius 1 is 1.07 bits per heavy atom. The van der Waals surface area contributed by atoms with E-state index in [0.717, 1.165) is 22.4 Å². The SMILES string of the molecule is CCCNC(=O)[C@H](C)N(Cc1ccccc1C)C(=O)CSc1ccc(C)cc1. The summed E-state index contributed by atoms with van der Waals surface area (Å²) >= 11 is 1.50. The van der Waals surface area contributed by atoms with Crippen molar-refractivity contribution in [3.63, 3.8) is 0 Å². The van der Waals surface area contributed by atoms with Crippen LogP contribution in [0.1, 0.15) is 37.0 Å². The van der Waals surface area contributed by atoms with E-state index in [1.54, 1.807) is 11.8 Å². The van der Waals surface area contributed by atoms with Crippen molar-refractivity contribution in [2.24, 2.45) is 0 Å². The molecule has 2 aromatic rings. The highest BCUT2D eigenvalue weighted by Crippen LogP contribution is 2.21. The molecule has 4 nitrogen and oxygen atoms in total. The quantitative estimate of drug-likeness (QED) is 0.639. The molecule has 1 N–H and O–H groups in total. The third-order valence-corrected chi connectivity index (χ3v) is 5.70. The summed E-state index contributed by atoms with van der Waals surface area (Å²) in [6.45, 7) is 8.94. The molecule has 1 atom stereocenters. The van der Waals surface area contributed by atoms with Gasteiger partial charge in [0.1, 0.15) is 6.04 Å². The van der Waals surface area contributed by atoms with Gasteiger partial charge in [-0.25, -0.2) is 0 Å². The molecule has 0 radical (unpaired) electrons. The lowest BCUT2D eigenvalue weighted by Crippen LogP contribution is -2.48. The minimum atomic E-state index is -0.516. The zero-order valence-electron chi connectivity index (χ0n) is 17.2. The number of thioether (sulfide) groups is 1. The highest BCUT2D eigenvalue weighted by molar-refractivity contribution is 8.00.